The van der Waals surface area contributed by atoms with Crippen LogP contribution in [-0.4, -0.2) is 81.0 Å². The lowest BCUT2D eigenvalue weighted by Gasteiger charge is -2.34. The highest BCUT2D eigenvalue weighted by Gasteiger charge is 2.30. The van der Waals surface area contributed by atoms with Crippen LogP contribution in [0.3, 0.4) is 0 Å². The minimum Gasteiger partial charge on any atom is -0.483 e. The average Bonchev–Trinajstić information content (AvgIpc) is 3.42. The Hall–Kier alpha value is -4.26. The van der Waals surface area contributed by atoms with Gasteiger partial charge in [-0.15, -0.1) is 0 Å². The lowest BCUT2D eigenvalue weighted by molar-refractivity contribution is -0.123. The predicted octanol–water partition coefficient (Wildman–Crippen LogP) is 1.54. The lowest BCUT2D eigenvalue weighted by atomic mass is 10.1. The van der Waals surface area contributed by atoms with Crippen LogP contribution in [-0.2, 0) is 16.0 Å². The second-order valence-electron chi connectivity index (χ2n) is 8.31. The van der Waals surface area contributed by atoms with Crippen molar-refractivity contribution in [1.29, 1.82) is 0 Å². The monoisotopic (exact) mass is 498 g/mol. The fourth-order valence-electron chi connectivity index (χ4n) is 4.37. The normalized spacial score (nSPS) is 16.2. The maximum atomic E-state index is 13.1. The van der Waals surface area contributed by atoms with Gasteiger partial charge in [0.2, 0.25) is 0 Å². The van der Waals surface area contributed by atoms with Gasteiger partial charge in [0.1, 0.15) is 11.6 Å². The third-order valence-corrected chi connectivity index (χ3v) is 5.82. The standard InChI is InChI=1S/C21H26N8O.2CH2O2/c1-13-11-29-19(24-15(3)26-29)10-17(13)25-21(30)28-8-5-16-18(4-6-23-20(16)28)27-9-7-22-14(2)12-27;2*2-1-3/h4,6,10-11,14,22H,5,7-9,12H2,1-3H3,(H,25,30);2*1H,(H,2,3)/t14-;;/m1../s1. The number of piperazine rings is 1. The van der Waals surface area contributed by atoms with Gasteiger partial charge in [0.05, 0.1) is 5.69 Å². The van der Waals surface area contributed by atoms with Crippen molar-refractivity contribution < 1.29 is 24.6 Å². The van der Waals surface area contributed by atoms with E-state index in [0.717, 1.165) is 48.7 Å². The van der Waals surface area contributed by atoms with E-state index in [1.807, 2.05) is 32.3 Å². The first kappa shape index (κ1) is 26.3. The minimum atomic E-state index is -0.250. The number of urea groups is 1. The van der Waals surface area contributed by atoms with Crippen molar-refractivity contribution in [2.24, 2.45) is 0 Å². The average molecular weight is 499 g/mol. The van der Waals surface area contributed by atoms with Crippen LogP contribution in [0.25, 0.3) is 5.65 Å². The number of aryl methyl sites for hydroxylation is 2. The summed E-state index contributed by atoms with van der Waals surface area (Å²) in [6.07, 6.45) is 4.50. The topological polar surface area (TPSA) is 165 Å². The predicted molar refractivity (Wildman–Crippen MR) is 134 cm³/mol. The molecule has 192 valence electrons. The molecule has 5 rings (SSSR count). The molecule has 13 heteroatoms. The molecule has 13 nitrogen and oxygen atoms in total. The van der Waals surface area contributed by atoms with Crippen LogP contribution < -0.4 is 20.4 Å². The maximum absolute atomic E-state index is 13.1. The second-order valence-corrected chi connectivity index (χ2v) is 8.31. The number of carbonyl (C=O) groups is 3. The largest absolute Gasteiger partial charge is 0.483 e. The summed E-state index contributed by atoms with van der Waals surface area (Å²) < 4.78 is 1.73. The SMILES string of the molecule is Cc1nc2cc(NC(=O)N3CCc4c(N5CCN[C@H](C)C5)ccnc43)c(C)cn2n1.O=CO.O=CO. The van der Waals surface area contributed by atoms with Crippen LogP contribution in [0.2, 0.25) is 0 Å². The molecule has 0 bridgehead atoms. The molecular weight excluding hydrogens is 468 g/mol. The number of hydrogen-bond donors (Lipinski definition) is 4. The van der Waals surface area contributed by atoms with E-state index >= 15 is 0 Å². The molecule has 0 radical (unpaired) electrons. The Labute approximate surface area is 207 Å². The van der Waals surface area contributed by atoms with Crippen molar-refractivity contribution in [3.05, 3.63) is 41.5 Å². The third kappa shape index (κ3) is 5.86. The van der Waals surface area contributed by atoms with Gasteiger partial charge < -0.3 is 25.7 Å². The quantitative estimate of drug-likeness (QED) is 0.381. The Morgan fingerprint density at radius 1 is 1.22 bits per heavy atom. The summed E-state index contributed by atoms with van der Waals surface area (Å²) in [5.41, 5.74) is 4.72. The number of amides is 2. The van der Waals surface area contributed by atoms with Crippen molar-refractivity contribution >= 4 is 41.8 Å². The third-order valence-electron chi connectivity index (χ3n) is 5.82. The van der Waals surface area contributed by atoms with Gasteiger partial charge in [-0.1, -0.05) is 0 Å². The van der Waals surface area contributed by atoms with Crippen molar-refractivity contribution in [3.63, 3.8) is 0 Å². The molecule has 2 amide bonds. The lowest BCUT2D eigenvalue weighted by Crippen LogP contribution is -2.49. The molecular formula is C23H30N8O5. The summed E-state index contributed by atoms with van der Waals surface area (Å²) in [4.78, 5) is 42.9. The Morgan fingerprint density at radius 2 is 1.94 bits per heavy atom. The number of anilines is 3. The summed E-state index contributed by atoms with van der Waals surface area (Å²) >= 11 is 0. The first-order valence-corrected chi connectivity index (χ1v) is 11.4. The van der Waals surface area contributed by atoms with Crippen molar-refractivity contribution in [2.75, 3.05) is 41.3 Å². The molecule has 1 saturated heterocycles. The van der Waals surface area contributed by atoms with Crippen LogP contribution in [0, 0.1) is 13.8 Å². The highest BCUT2D eigenvalue weighted by molar-refractivity contribution is 6.03. The highest BCUT2D eigenvalue weighted by atomic mass is 16.3. The molecule has 0 saturated carbocycles. The number of carbonyl (C=O) groups excluding carboxylic acids is 1. The number of fused-ring (bicyclic) bond motifs is 2. The molecule has 1 atom stereocenters. The Bertz CT molecular complexity index is 1220. The molecule has 5 heterocycles. The van der Waals surface area contributed by atoms with Gasteiger partial charge in [0.25, 0.3) is 12.9 Å². The first-order chi connectivity index (χ1) is 17.3. The zero-order valence-corrected chi connectivity index (χ0v) is 20.4. The number of aromatic nitrogens is 4. The Kier molecular flexibility index (Phi) is 8.73. The molecule has 0 spiro atoms. The van der Waals surface area contributed by atoms with Gasteiger partial charge in [-0.3, -0.25) is 14.5 Å². The van der Waals surface area contributed by atoms with E-state index < -0.39 is 0 Å². The first-order valence-electron chi connectivity index (χ1n) is 11.4. The Morgan fingerprint density at radius 3 is 2.64 bits per heavy atom. The van der Waals surface area contributed by atoms with Crippen molar-refractivity contribution in [2.45, 2.75) is 33.2 Å². The smallest absolute Gasteiger partial charge is 0.327 e. The molecule has 36 heavy (non-hydrogen) atoms. The van der Waals surface area contributed by atoms with Crippen molar-refractivity contribution in [1.82, 2.24) is 24.9 Å². The van der Waals surface area contributed by atoms with E-state index in [1.54, 1.807) is 9.42 Å². The molecule has 4 N–H and O–H groups in total. The molecule has 1 fully saturated rings. The van der Waals surface area contributed by atoms with E-state index in [0.29, 0.717) is 24.1 Å². The second kappa shape index (κ2) is 11.9. The Balaban J connectivity index is 0.000000550. The fraction of sp³-hybridized carbons (Fsp3) is 0.391. The van der Waals surface area contributed by atoms with Gasteiger partial charge in [-0.05, 0) is 38.8 Å². The van der Waals surface area contributed by atoms with Crippen LogP contribution in [0.4, 0.5) is 22.0 Å². The summed E-state index contributed by atoms with van der Waals surface area (Å²) in [5.74, 6) is 1.46. The fourth-order valence-corrected chi connectivity index (χ4v) is 4.37. The summed E-state index contributed by atoms with van der Waals surface area (Å²) in [7, 11) is 0. The van der Waals surface area contributed by atoms with Gasteiger partial charge in [0.15, 0.2) is 5.65 Å². The number of pyridine rings is 2. The number of carboxylic acid groups (broad SMARTS) is 2. The van der Waals surface area contributed by atoms with Crippen LogP contribution >= 0.6 is 0 Å². The zero-order chi connectivity index (χ0) is 26.2. The van der Waals surface area contributed by atoms with Crippen LogP contribution in [0.1, 0.15) is 23.9 Å². The summed E-state index contributed by atoms with van der Waals surface area (Å²) in [5, 5.41) is 24.6. The van der Waals surface area contributed by atoms with E-state index in [-0.39, 0.29) is 19.0 Å². The van der Waals surface area contributed by atoms with Gasteiger partial charge in [-0.2, -0.15) is 5.10 Å². The van der Waals surface area contributed by atoms with E-state index in [1.165, 1.54) is 5.69 Å². The zero-order valence-electron chi connectivity index (χ0n) is 20.4. The highest BCUT2D eigenvalue weighted by Crippen LogP contribution is 2.34. The maximum Gasteiger partial charge on any atom is 0.327 e. The molecule has 0 unspecified atom stereocenters. The summed E-state index contributed by atoms with van der Waals surface area (Å²) in [6, 6.07) is 4.21. The van der Waals surface area contributed by atoms with Crippen LogP contribution in [0.15, 0.2) is 24.5 Å². The van der Waals surface area contributed by atoms with Gasteiger partial charge in [0, 0.05) is 61.9 Å². The molecule has 0 aromatic carbocycles. The molecule has 2 aliphatic heterocycles. The summed E-state index contributed by atoms with van der Waals surface area (Å²) in [6.45, 7) is 9.01. The number of nitrogens with zero attached hydrogens (tertiary/aromatic N) is 6. The van der Waals surface area contributed by atoms with E-state index in [4.69, 9.17) is 19.8 Å². The van der Waals surface area contributed by atoms with Gasteiger partial charge >= 0.3 is 6.03 Å². The van der Waals surface area contributed by atoms with Crippen LogP contribution in [0.5, 0.6) is 0 Å². The minimum absolute atomic E-state index is 0.171. The van der Waals surface area contributed by atoms with Gasteiger partial charge in [-0.25, -0.2) is 19.3 Å². The molecule has 3 aromatic heterocycles. The van der Waals surface area contributed by atoms with Crippen molar-refractivity contribution in [3.8, 4) is 0 Å². The number of hydrogen-bond acceptors (Lipinski definition) is 8. The number of nitrogens with one attached hydrogen (secondary N) is 2. The number of rotatable bonds is 2. The molecule has 2 aliphatic rings. The van der Waals surface area contributed by atoms with E-state index in [2.05, 4.69) is 43.6 Å². The molecule has 0 aliphatic carbocycles. The molecule has 3 aromatic rings. The van der Waals surface area contributed by atoms with E-state index in [9.17, 15) is 4.79 Å².